The molecule has 0 radical (unpaired) electrons. The molecule has 0 unspecified atom stereocenters. The Morgan fingerprint density at radius 3 is 2.58 bits per heavy atom. The van der Waals surface area contributed by atoms with Gasteiger partial charge in [0.25, 0.3) is 5.91 Å². The maximum atomic E-state index is 12.9. The van der Waals surface area contributed by atoms with E-state index in [1.54, 1.807) is 0 Å². The Morgan fingerprint density at radius 2 is 1.76 bits per heavy atom. The van der Waals surface area contributed by atoms with Crippen molar-refractivity contribution in [2.75, 3.05) is 13.1 Å². The van der Waals surface area contributed by atoms with Crippen LogP contribution in [0.3, 0.4) is 0 Å². The lowest BCUT2D eigenvalue weighted by Crippen LogP contribution is -2.33. The molecule has 0 bridgehead atoms. The molecule has 2 heterocycles. The minimum absolute atomic E-state index is 0.128. The van der Waals surface area contributed by atoms with Gasteiger partial charge < -0.3 is 5.32 Å². The van der Waals surface area contributed by atoms with Gasteiger partial charge in [-0.15, -0.1) is 0 Å². The van der Waals surface area contributed by atoms with Gasteiger partial charge in [-0.1, -0.05) is 42.5 Å². The summed E-state index contributed by atoms with van der Waals surface area (Å²) in [6.07, 6.45) is 2.96. The smallest absolute Gasteiger partial charge is 0.251 e. The second-order valence-corrected chi connectivity index (χ2v) is 8.30. The highest BCUT2D eigenvalue weighted by molar-refractivity contribution is 6.10. The number of rotatable bonds is 6. The Hall–Kier alpha value is -4.00. The highest BCUT2D eigenvalue weighted by atomic mass is 16.2. The van der Waals surface area contributed by atoms with Crippen molar-refractivity contribution in [3.05, 3.63) is 66.4 Å². The van der Waals surface area contributed by atoms with E-state index in [2.05, 4.69) is 34.7 Å². The summed E-state index contributed by atoms with van der Waals surface area (Å²) < 4.78 is 1.85. The minimum atomic E-state index is -0.168. The van der Waals surface area contributed by atoms with Crippen LogP contribution in [0.1, 0.15) is 29.6 Å². The molecule has 0 aliphatic carbocycles. The molecule has 3 aromatic carbocycles. The number of benzene rings is 3. The van der Waals surface area contributed by atoms with Gasteiger partial charge in [-0.05, 0) is 40.5 Å². The topological polar surface area (TPSA) is 84.3 Å². The molecule has 0 atom stereocenters. The lowest BCUT2D eigenvalue weighted by molar-refractivity contribution is -0.138. The second kappa shape index (κ2) is 8.50. The summed E-state index contributed by atoms with van der Waals surface area (Å²) in [5.41, 5.74) is 3.77. The van der Waals surface area contributed by atoms with Crippen LogP contribution in [0.2, 0.25) is 0 Å². The van der Waals surface area contributed by atoms with Crippen LogP contribution in [-0.4, -0.2) is 45.5 Å². The summed E-state index contributed by atoms with van der Waals surface area (Å²) in [7, 11) is 1.92. The third-order valence-electron chi connectivity index (χ3n) is 6.23. The number of aryl methyl sites for hydroxylation is 1. The van der Waals surface area contributed by atoms with E-state index in [1.165, 1.54) is 4.90 Å². The summed E-state index contributed by atoms with van der Waals surface area (Å²) in [5.74, 6) is -0.423. The van der Waals surface area contributed by atoms with Crippen LogP contribution < -0.4 is 5.32 Å². The van der Waals surface area contributed by atoms with E-state index in [9.17, 15) is 14.4 Å². The van der Waals surface area contributed by atoms with E-state index >= 15 is 0 Å². The second-order valence-electron chi connectivity index (χ2n) is 8.30. The molecule has 1 aliphatic heterocycles. The van der Waals surface area contributed by atoms with Crippen LogP contribution in [-0.2, 0) is 16.6 Å². The molecule has 1 aliphatic rings. The fourth-order valence-electron chi connectivity index (χ4n) is 4.48. The molecule has 1 fully saturated rings. The van der Waals surface area contributed by atoms with Crippen molar-refractivity contribution < 1.29 is 14.4 Å². The number of hydrogen-bond acceptors (Lipinski definition) is 4. The SMILES string of the molecule is Cn1ncc2ccc(-c3cccc4c(C(=O)NCCCN5C(=O)CCC5=O)cccc34)cc21. The Kier molecular flexibility index (Phi) is 5.38. The Labute approximate surface area is 191 Å². The number of aromatic nitrogens is 2. The van der Waals surface area contributed by atoms with Crippen molar-refractivity contribution >= 4 is 39.4 Å². The van der Waals surface area contributed by atoms with Gasteiger partial charge in [0.2, 0.25) is 11.8 Å². The van der Waals surface area contributed by atoms with Crippen molar-refractivity contribution in [2.24, 2.45) is 7.05 Å². The maximum absolute atomic E-state index is 12.9. The number of hydrogen-bond donors (Lipinski definition) is 1. The van der Waals surface area contributed by atoms with Crippen molar-refractivity contribution in [3.8, 4) is 11.1 Å². The van der Waals surface area contributed by atoms with Crippen LogP contribution in [0.15, 0.2) is 60.8 Å². The summed E-state index contributed by atoms with van der Waals surface area (Å²) >= 11 is 0. The molecular weight excluding hydrogens is 416 g/mol. The standard InChI is InChI=1S/C26H24N4O3/c1-29-23-15-17(9-10-18(23)16-28-29)19-5-2-7-21-20(19)6-3-8-22(21)26(33)27-13-4-14-30-24(31)11-12-25(30)32/h2-3,5-10,15-16H,4,11-14H2,1H3,(H,27,33). The molecule has 1 aromatic heterocycles. The molecule has 1 N–H and O–H groups in total. The Morgan fingerprint density at radius 1 is 1.00 bits per heavy atom. The first-order valence-electron chi connectivity index (χ1n) is 11.1. The number of nitrogens with zero attached hydrogens (tertiary/aromatic N) is 3. The monoisotopic (exact) mass is 440 g/mol. The maximum Gasteiger partial charge on any atom is 0.251 e. The molecule has 0 saturated carbocycles. The summed E-state index contributed by atoms with van der Waals surface area (Å²) in [4.78, 5) is 37.7. The number of carbonyl (C=O) groups is 3. The predicted octanol–water partition coefficient (Wildman–Crippen LogP) is 3.66. The van der Waals surface area contributed by atoms with Crippen molar-refractivity contribution in [3.63, 3.8) is 0 Å². The van der Waals surface area contributed by atoms with Crippen LogP contribution in [0.4, 0.5) is 0 Å². The molecule has 4 aromatic rings. The molecule has 7 heteroatoms. The van der Waals surface area contributed by atoms with Crippen molar-refractivity contribution in [2.45, 2.75) is 19.3 Å². The summed E-state index contributed by atoms with van der Waals surface area (Å²) in [6, 6.07) is 18.0. The number of imide groups is 1. The highest BCUT2D eigenvalue weighted by Crippen LogP contribution is 2.32. The van der Waals surface area contributed by atoms with Gasteiger partial charge in [-0.3, -0.25) is 24.0 Å². The molecule has 5 rings (SSSR count). The zero-order valence-corrected chi connectivity index (χ0v) is 18.4. The zero-order chi connectivity index (χ0) is 22.9. The molecule has 1 saturated heterocycles. The van der Waals surface area contributed by atoms with E-state index in [0.29, 0.717) is 25.1 Å². The van der Waals surface area contributed by atoms with Gasteiger partial charge in [-0.2, -0.15) is 5.10 Å². The van der Waals surface area contributed by atoms with Gasteiger partial charge >= 0.3 is 0 Å². The van der Waals surface area contributed by atoms with Crippen molar-refractivity contribution in [1.82, 2.24) is 20.0 Å². The van der Waals surface area contributed by atoms with Crippen LogP contribution in [0.5, 0.6) is 0 Å². The fourth-order valence-corrected chi connectivity index (χ4v) is 4.48. The molecule has 33 heavy (non-hydrogen) atoms. The number of carbonyl (C=O) groups excluding carboxylic acids is 3. The number of likely N-dealkylation sites (tertiary alicyclic amines) is 1. The van der Waals surface area contributed by atoms with E-state index < -0.39 is 0 Å². The fraction of sp³-hybridized carbons (Fsp3) is 0.231. The van der Waals surface area contributed by atoms with Gasteiger partial charge in [0.15, 0.2) is 0 Å². The normalized spacial score (nSPS) is 13.9. The van der Waals surface area contributed by atoms with E-state index in [-0.39, 0.29) is 30.6 Å². The average Bonchev–Trinajstić information content (AvgIpc) is 3.36. The lowest BCUT2D eigenvalue weighted by atomic mass is 9.95. The van der Waals surface area contributed by atoms with Gasteiger partial charge in [-0.25, -0.2) is 0 Å². The molecule has 7 nitrogen and oxygen atoms in total. The highest BCUT2D eigenvalue weighted by Gasteiger charge is 2.28. The quantitative estimate of drug-likeness (QED) is 0.366. The third kappa shape index (κ3) is 3.86. The number of amides is 3. The predicted molar refractivity (Wildman–Crippen MR) is 127 cm³/mol. The Balaban J connectivity index is 1.37. The van der Waals surface area contributed by atoms with Crippen LogP contribution >= 0.6 is 0 Å². The number of nitrogens with one attached hydrogen (secondary N) is 1. The first-order valence-corrected chi connectivity index (χ1v) is 11.1. The van der Waals surface area contributed by atoms with Gasteiger partial charge in [0.1, 0.15) is 0 Å². The first-order chi connectivity index (χ1) is 16.0. The molecule has 0 spiro atoms. The van der Waals surface area contributed by atoms with Crippen LogP contribution in [0, 0.1) is 0 Å². The summed E-state index contributed by atoms with van der Waals surface area (Å²) in [6.45, 7) is 0.733. The molecule has 166 valence electrons. The van der Waals surface area contributed by atoms with E-state index in [4.69, 9.17) is 0 Å². The largest absolute Gasteiger partial charge is 0.352 e. The first kappa shape index (κ1) is 20.9. The molecule has 3 amide bonds. The zero-order valence-electron chi connectivity index (χ0n) is 18.4. The van der Waals surface area contributed by atoms with Gasteiger partial charge in [0.05, 0.1) is 11.7 Å². The summed E-state index contributed by atoms with van der Waals surface area (Å²) in [5, 5.41) is 10.2. The number of fused-ring (bicyclic) bond motifs is 2. The van der Waals surface area contributed by atoms with Crippen molar-refractivity contribution in [1.29, 1.82) is 0 Å². The van der Waals surface area contributed by atoms with Gasteiger partial charge in [0, 0.05) is 43.9 Å². The Bertz CT molecular complexity index is 1390. The third-order valence-corrected chi connectivity index (χ3v) is 6.23. The van der Waals surface area contributed by atoms with E-state index in [0.717, 1.165) is 32.8 Å². The van der Waals surface area contributed by atoms with Crippen LogP contribution in [0.25, 0.3) is 32.8 Å². The average molecular weight is 441 g/mol. The minimum Gasteiger partial charge on any atom is -0.352 e. The molecular formula is C26H24N4O3. The van der Waals surface area contributed by atoms with E-state index in [1.807, 2.05) is 48.3 Å². The lowest BCUT2D eigenvalue weighted by Gasteiger charge is -2.14.